The van der Waals surface area contributed by atoms with Gasteiger partial charge in [-0.15, -0.1) is 0 Å². The molecule has 1 aromatic rings. The zero-order valence-electron chi connectivity index (χ0n) is 9.45. The van der Waals surface area contributed by atoms with Crippen LogP contribution in [0.3, 0.4) is 0 Å². The molecule has 2 unspecified atom stereocenters. The molecule has 0 heterocycles. The number of hydrogen-bond acceptors (Lipinski definition) is 4. The summed E-state index contributed by atoms with van der Waals surface area (Å²) in [5.41, 5.74) is 5.48. The van der Waals surface area contributed by atoms with E-state index in [0.717, 1.165) is 0 Å². The second kappa shape index (κ2) is 5.92. The highest BCUT2D eigenvalue weighted by Crippen LogP contribution is 2.14. The average molecular weight is 251 g/mol. The maximum absolute atomic E-state index is 11.9. The van der Waals surface area contributed by atoms with Crippen LogP contribution in [0.15, 0.2) is 30.3 Å². The monoisotopic (exact) mass is 251 g/mol. The summed E-state index contributed by atoms with van der Waals surface area (Å²) in [6.45, 7) is 0. The van der Waals surface area contributed by atoms with Gasteiger partial charge in [-0.05, 0) is 6.42 Å². The maximum Gasteiger partial charge on any atom is 0.320 e. The molecule has 1 aromatic carbocycles. The third-order valence-corrected chi connectivity index (χ3v) is 2.48. The quantitative estimate of drug-likeness (QED) is 0.496. The van der Waals surface area contributed by atoms with Crippen LogP contribution in [0.4, 0.5) is 0 Å². The van der Waals surface area contributed by atoms with Crippen LogP contribution in [0.1, 0.15) is 16.8 Å². The van der Waals surface area contributed by atoms with Crippen molar-refractivity contribution >= 4 is 17.7 Å². The first-order chi connectivity index (χ1) is 8.43. The van der Waals surface area contributed by atoms with E-state index >= 15 is 0 Å². The Balaban J connectivity index is 2.90. The lowest BCUT2D eigenvalue weighted by Gasteiger charge is -2.13. The van der Waals surface area contributed by atoms with Gasteiger partial charge in [0.2, 0.25) is 0 Å². The molecule has 0 aliphatic carbocycles. The second-order valence-electron chi connectivity index (χ2n) is 3.80. The third-order valence-electron chi connectivity index (χ3n) is 2.48. The number of ketones is 1. The molecule has 0 aromatic heterocycles. The fourth-order valence-electron chi connectivity index (χ4n) is 1.48. The van der Waals surface area contributed by atoms with Gasteiger partial charge >= 0.3 is 11.9 Å². The van der Waals surface area contributed by atoms with E-state index in [2.05, 4.69) is 0 Å². The largest absolute Gasteiger partial charge is 0.481 e. The number of carbonyl (C=O) groups is 3. The molecule has 18 heavy (non-hydrogen) atoms. The summed E-state index contributed by atoms with van der Waals surface area (Å²) in [7, 11) is 0. The molecule has 1 rings (SSSR count). The normalized spacial score (nSPS) is 13.6. The Morgan fingerprint density at radius 3 is 2.06 bits per heavy atom. The smallest absolute Gasteiger partial charge is 0.320 e. The zero-order chi connectivity index (χ0) is 13.7. The summed E-state index contributed by atoms with van der Waals surface area (Å²) in [6.07, 6.45) is -0.432. The summed E-state index contributed by atoms with van der Waals surface area (Å²) in [5, 5.41) is 17.6. The van der Waals surface area contributed by atoms with Crippen LogP contribution in [-0.2, 0) is 9.59 Å². The SMILES string of the molecule is NC(CC(C(=O)O)C(=O)c1ccccc1)C(=O)O. The van der Waals surface area contributed by atoms with Crippen molar-refractivity contribution in [1.29, 1.82) is 0 Å². The molecular weight excluding hydrogens is 238 g/mol. The van der Waals surface area contributed by atoms with Crippen molar-refractivity contribution in [2.45, 2.75) is 12.5 Å². The summed E-state index contributed by atoms with van der Waals surface area (Å²) >= 11 is 0. The van der Waals surface area contributed by atoms with Crippen molar-refractivity contribution in [3.8, 4) is 0 Å². The minimum absolute atomic E-state index is 0.225. The predicted octanol–water partition coefficient (Wildman–Crippen LogP) is 0.372. The van der Waals surface area contributed by atoms with Crippen molar-refractivity contribution in [2.75, 3.05) is 0 Å². The van der Waals surface area contributed by atoms with Crippen LogP contribution in [-0.4, -0.2) is 34.0 Å². The molecule has 0 bridgehead atoms. The lowest BCUT2D eigenvalue weighted by atomic mass is 9.91. The number of carboxylic acid groups (broad SMARTS) is 2. The van der Waals surface area contributed by atoms with Crippen LogP contribution >= 0.6 is 0 Å². The Kier molecular flexibility index (Phi) is 4.56. The highest BCUT2D eigenvalue weighted by Gasteiger charge is 2.31. The molecule has 0 fully saturated rings. The molecule has 0 spiro atoms. The lowest BCUT2D eigenvalue weighted by molar-refractivity contribution is -0.142. The van der Waals surface area contributed by atoms with Gasteiger partial charge in [0.1, 0.15) is 12.0 Å². The van der Waals surface area contributed by atoms with E-state index < -0.39 is 36.1 Å². The Hall–Kier alpha value is -2.21. The van der Waals surface area contributed by atoms with Crippen LogP contribution in [0.2, 0.25) is 0 Å². The van der Waals surface area contributed by atoms with Crippen LogP contribution in [0.5, 0.6) is 0 Å². The van der Waals surface area contributed by atoms with Gasteiger partial charge in [-0.1, -0.05) is 30.3 Å². The minimum Gasteiger partial charge on any atom is -0.481 e. The van der Waals surface area contributed by atoms with Gasteiger partial charge in [0.15, 0.2) is 5.78 Å². The highest BCUT2D eigenvalue weighted by molar-refractivity contribution is 6.08. The molecule has 0 aliphatic heterocycles. The van der Waals surface area contributed by atoms with E-state index in [9.17, 15) is 14.4 Å². The molecule has 0 aliphatic rings. The minimum atomic E-state index is -1.45. The standard InChI is InChI=1S/C12H13NO5/c13-9(12(17)18)6-8(11(15)16)10(14)7-4-2-1-3-5-7/h1-5,8-9H,6,13H2,(H,15,16)(H,17,18). The molecule has 4 N–H and O–H groups in total. The molecule has 0 saturated carbocycles. The van der Waals surface area contributed by atoms with Crippen molar-refractivity contribution in [1.82, 2.24) is 0 Å². The first kappa shape index (κ1) is 13.9. The number of carbonyl (C=O) groups excluding carboxylic acids is 1. The summed E-state index contributed by atoms with van der Waals surface area (Å²) < 4.78 is 0. The van der Waals surface area contributed by atoms with E-state index in [1.54, 1.807) is 18.2 Å². The summed E-state index contributed by atoms with van der Waals surface area (Å²) in [6, 6.07) is 6.47. The Morgan fingerprint density at radius 1 is 1.06 bits per heavy atom. The summed E-state index contributed by atoms with van der Waals surface area (Å²) in [5.74, 6) is -4.79. The van der Waals surface area contributed by atoms with Gasteiger partial charge in [-0.3, -0.25) is 14.4 Å². The first-order valence-corrected chi connectivity index (χ1v) is 5.24. The average Bonchev–Trinajstić information content (AvgIpc) is 2.35. The number of Topliss-reactive ketones (excluding diaryl/α,β-unsaturated/α-hetero) is 1. The van der Waals surface area contributed by atoms with Gasteiger partial charge in [0.05, 0.1) is 0 Å². The fraction of sp³-hybridized carbons (Fsp3) is 0.250. The van der Waals surface area contributed by atoms with Gasteiger partial charge < -0.3 is 15.9 Å². The topological polar surface area (TPSA) is 118 Å². The molecule has 2 atom stereocenters. The van der Waals surface area contributed by atoms with E-state index in [1.807, 2.05) is 0 Å². The van der Waals surface area contributed by atoms with Crippen molar-refractivity contribution in [3.05, 3.63) is 35.9 Å². The van der Waals surface area contributed by atoms with Crippen LogP contribution in [0.25, 0.3) is 0 Å². The number of hydrogen-bond donors (Lipinski definition) is 3. The Bertz CT molecular complexity index is 457. The van der Waals surface area contributed by atoms with E-state index in [1.165, 1.54) is 12.1 Å². The maximum atomic E-state index is 11.9. The molecular formula is C12H13NO5. The lowest BCUT2D eigenvalue weighted by Crippen LogP contribution is -2.37. The molecule has 0 amide bonds. The van der Waals surface area contributed by atoms with E-state index in [-0.39, 0.29) is 5.56 Å². The van der Waals surface area contributed by atoms with Crippen LogP contribution < -0.4 is 5.73 Å². The third kappa shape index (κ3) is 3.39. The molecule has 0 radical (unpaired) electrons. The zero-order valence-corrected chi connectivity index (χ0v) is 9.45. The number of rotatable bonds is 6. The molecule has 96 valence electrons. The summed E-state index contributed by atoms with van der Waals surface area (Å²) in [4.78, 5) is 33.5. The molecule has 0 saturated heterocycles. The van der Waals surface area contributed by atoms with Crippen molar-refractivity contribution in [3.63, 3.8) is 0 Å². The number of carboxylic acids is 2. The first-order valence-electron chi connectivity index (χ1n) is 5.24. The fourth-order valence-corrected chi connectivity index (χ4v) is 1.48. The second-order valence-corrected chi connectivity index (χ2v) is 3.80. The van der Waals surface area contributed by atoms with Gasteiger partial charge in [-0.25, -0.2) is 0 Å². The van der Waals surface area contributed by atoms with Gasteiger partial charge in [0.25, 0.3) is 0 Å². The Labute approximate surface area is 103 Å². The number of aliphatic carboxylic acids is 2. The predicted molar refractivity (Wildman–Crippen MR) is 62.1 cm³/mol. The number of benzene rings is 1. The van der Waals surface area contributed by atoms with Crippen molar-refractivity contribution in [2.24, 2.45) is 11.7 Å². The van der Waals surface area contributed by atoms with E-state index in [0.29, 0.717) is 0 Å². The van der Waals surface area contributed by atoms with Crippen LogP contribution in [0, 0.1) is 5.92 Å². The Morgan fingerprint density at radius 2 is 1.61 bits per heavy atom. The number of nitrogens with two attached hydrogens (primary N) is 1. The van der Waals surface area contributed by atoms with Gasteiger partial charge in [0, 0.05) is 5.56 Å². The van der Waals surface area contributed by atoms with Crippen molar-refractivity contribution < 1.29 is 24.6 Å². The van der Waals surface area contributed by atoms with E-state index in [4.69, 9.17) is 15.9 Å². The van der Waals surface area contributed by atoms with Gasteiger partial charge in [-0.2, -0.15) is 0 Å². The molecule has 6 nitrogen and oxygen atoms in total. The highest BCUT2D eigenvalue weighted by atomic mass is 16.4. The molecule has 6 heteroatoms.